The molecule has 2 N–H and O–H groups in total. The van der Waals surface area contributed by atoms with Crippen LogP contribution in [0.1, 0.15) is 5.82 Å². The van der Waals surface area contributed by atoms with Gasteiger partial charge in [0.15, 0.2) is 11.4 Å². The molecule has 4 rings (SSSR count). The van der Waals surface area contributed by atoms with Gasteiger partial charge in [0.2, 0.25) is 0 Å². The lowest BCUT2D eigenvalue weighted by atomic mass is 9.85. The van der Waals surface area contributed by atoms with E-state index in [4.69, 9.17) is 15.0 Å². The first-order chi connectivity index (χ1) is 16.2. The average molecular weight is 466 g/mol. The van der Waals surface area contributed by atoms with Crippen molar-refractivity contribution in [3.05, 3.63) is 76.0 Å². The van der Waals surface area contributed by atoms with Crippen LogP contribution in [0.5, 0.6) is 0 Å². The monoisotopic (exact) mass is 465 g/mol. The number of methoxy groups -OCH3 is 1. The second-order valence-corrected chi connectivity index (χ2v) is 8.45. The van der Waals surface area contributed by atoms with E-state index in [1.165, 1.54) is 13.2 Å². The molecule has 0 aliphatic heterocycles. The maximum atomic E-state index is 12.0. The van der Waals surface area contributed by atoms with Gasteiger partial charge in [0.1, 0.15) is 23.0 Å². The largest absolute Gasteiger partial charge is 0.375 e. The average Bonchev–Trinajstić information content (AvgIpc) is 3.26. The van der Waals surface area contributed by atoms with Gasteiger partial charge in [-0.2, -0.15) is 0 Å². The van der Waals surface area contributed by atoms with Crippen LogP contribution in [0.25, 0.3) is 22.4 Å². The Balaban J connectivity index is 1.76. The van der Waals surface area contributed by atoms with Gasteiger partial charge in [-0.25, -0.2) is 9.97 Å². The molecule has 1 aliphatic rings. The normalized spacial score (nSPS) is 20.4. The van der Waals surface area contributed by atoms with Gasteiger partial charge in [-0.3, -0.25) is 10.1 Å². The van der Waals surface area contributed by atoms with E-state index in [9.17, 15) is 10.1 Å². The van der Waals surface area contributed by atoms with Crippen LogP contribution in [0, 0.1) is 10.1 Å². The van der Waals surface area contributed by atoms with Crippen molar-refractivity contribution in [3.8, 4) is 11.4 Å². The maximum absolute atomic E-state index is 12.0. The smallest absolute Gasteiger partial charge is 0.290 e. The number of benzene rings is 1. The number of nitrogens with zero attached hydrogens (tertiary/aromatic N) is 6. The molecule has 0 fully saturated rings. The van der Waals surface area contributed by atoms with E-state index < -0.39 is 16.6 Å². The minimum Gasteiger partial charge on any atom is -0.375 e. The summed E-state index contributed by atoms with van der Waals surface area (Å²) in [5.74, 6) is 0.175. The number of hydrogen-bond donors (Lipinski definition) is 1. The van der Waals surface area contributed by atoms with E-state index in [0.29, 0.717) is 29.2 Å². The van der Waals surface area contributed by atoms with Crippen LogP contribution < -0.4 is 5.73 Å². The summed E-state index contributed by atoms with van der Waals surface area (Å²) >= 11 is 0. The number of nitro groups is 1. The zero-order valence-corrected chi connectivity index (χ0v) is 19.5. The number of aromatic nitrogens is 3. The molecule has 2 aromatic heterocycles. The van der Waals surface area contributed by atoms with Gasteiger partial charge >= 0.3 is 0 Å². The predicted molar refractivity (Wildman–Crippen MR) is 126 cm³/mol. The van der Waals surface area contributed by atoms with Crippen molar-refractivity contribution in [1.82, 2.24) is 24.9 Å². The molecular formula is C23H27N7O4. The van der Waals surface area contributed by atoms with Crippen molar-refractivity contribution in [1.29, 1.82) is 0 Å². The van der Waals surface area contributed by atoms with Crippen LogP contribution in [-0.4, -0.2) is 77.3 Å². The van der Waals surface area contributed by atoms with Gasteiger partial charge in [-0.05, 0) is 38.4 Å². The SMILES string of the molecule is COC1C=C(N(C)CCN(C)C)C([N+](=O)[O-])=CC1(N)c1nccc(-c2noc3ccccc23)n1. The Morgan fingerprint density at radius 3 is 2.71 bits per heavy atom. The number of rotatable bonds is 8. The van der Waals surface area contributed by atoms with Crippen molar-refractivity contribution in [2.75, 3.05) is 41.3 Å². The van der Waals surface area contributed by atoms with Crippen LogP contribution in [-0.2, 0) is 10.3 Å². The molecule has 0 saturated carbocycles. The van der Waals surface area contributed by atoms with E-state index in [0.717, 1.165) is 11.9 Å². The third-order valence-electron chi connectivity index (χ3n) is 5.83. The highest BCUT2D eigenvalue weighted by Crippen LogP contribution is 2.35. The third-order valence-corrected chi connectivity index (χ3v) is 5.83. The molecule has 0 saturated heterocycles. The fraction of sp³-hybridized carbons (Fsp3) is 0.348. The summed E-state index contributed by atoms with van der Waals surface area (Å²) in [6.07, 6.45) is 3.85. The number of likely N-dealkylation sites (N-methyl/N-ethyl adjacent to an activating group) is 2. The Bertz CT molecular complexity index is 1270. The topological polar surface area (TPSA) is 137 Å². The molecule has 0 radical (unpaired) electrons. The fourth-order valence-corrected chi connectivity index (χ4v) is 3.91. The lowest BCUT2D eigenvalue weighted by molar-refractivity contribution is -0.423. The molecule has 2 heterocycles. The zero-order valence-electron chi connectivity index (χ0n) is 19.5. The highest BCUT2D eigenvalue weighted by Gasteiger charge is 2.45. The zero-order chi connectivity index (χ0) is 24.5. The van der Waals surface area contributed by atoms with Gasteiger partial charge in [0, 0.05) is 39.5 Å². The first-order valence-electron chi connectivity index (χ1n) is 10.7. The summed E-state index contributed by atoms with van der Waals surface area (Å²) < 4.78 is 11.1. The van der Waals surface area contributed by atoms with Crippen molar-refractivity contribution >= 4 is 11.0 Å². The first kappa shape index (κ1) is 23.5. The number of hydrogen-bond acceptors (Lipinski definition) is 10. The van der Waals surface area contributed by atoms with Gasteiger partial charge in [-0.15, -0.1) is 0 Å². The molecule has 1 aliphatic carbocycles. The van der Waals surface area contributed by atoms with E-state index >= 15 is 0 Å². The lowest BCUT2D eigenvalue weighted by Crippen LogP contribution is -2.51. The molecule has 0 amide bonds. The van der Waals surface area contributed by atoms with Crippen LogP contribution >= 0.6 is 0 Å². The standard InChI is InChI=1S/C23H27N7O4/c1-28(2)11-12-29(3)17-13-20(33-4)23(24,14-18(17)30(31)32)22-25-10-9-16(26-22)21-15-7-5-6-8-19(15)34-27-21/h5-10,13-14,20H,11-12,24H2,1-4H3. The van der Waals surface area contributed by atoms with Crippen molar-refractivity contribution in [2.24, 2.45) is 5.73 Å². The minimum atomic E-state index is -1.47. The fourth-order valence-electron chi connectivity index (χ4n) is 3.91. The molecule has 3 aromatic rings. The Hall–Kier alpha value is -3.67. The van der Waals surface area contributed by atoms with Crippen LogP contribution in [0.4, 0.5) is 0 Å². The Kier molecular flexibility index (Phi) is 6.42. The van der Waals surface area contributed by atoms with Crippen LogP contribution in [0.2, 0.25) is 0 Å². The van der Waals surface area contributed by atoms with E-state index in [-0.39, 0.29) is 11.5 Å². The summed E-state index contributed by atoms with van der Waals surface area (Å²) in [6.45, 7) is 1.31. The summed E-state index contributed by atoms with van der Waals surface area (Å²) in [4.78, 5) is 24.4. The predicted octanol–water partition coefficient (Wildman–Crippen LogP) is 2.01. The van der Waals surface area contributed by atoms with Gasteiger partial charge < -0.3 is 24.8 Å². The number of para-hydroxylation sites is 1. The summed E-state index contributed by atoms with van der Waals surface area (Å²) in [7, 11) is 7.19. The molecular weight excluding hydrogens is 438 g/mol. The first-order valence-corrected chi connectivity index (χ1v) is 10.7. The Morgan fingerprint density at radius 2 is 2.00 bits per heavy atom. The molecule has 1 aromatic carbocycles. The van der Waals surface area contributed by atoms with Crippen LogP contribution in [0.3, 0.4) is 0 Å². The quantitative estimate of drug-likeness (QED) is 0.388. The Labute approximate surface area is 196 Å². The van der Waals surface area contributed by atoms with E-state index in [1.54, 1.807) is 25.4 Å². The summed E-state index contributed by atoms with van der Waals surface area (Å²) in [6, 6.07) is 9.11. The van der Waals surface area contributed by atoms with Crippen molar-refractivity contribution in [2.45, 2.75) is 11.6 Å². The van der Waals surface area contributed by atoms with E-state index in [1.807, 2.05) is 48.2 Å². The molecule has 2 atom stereocenters. The van der Waals surface area contributed by atoms with E-state index in [2.05, 4.69) is 15.1 Å². The second kappa shape index (κ2) is 9.29. The highest BCUT2D eigenvalue weighted by atomic mass is 16.6. The molecule has 11 nitrogen and oxygen atoms in total. The number of ether oxygens (including phenoxy) is 1. The van der Waals surface area contributed by atoms with Gasteiger partial charge in [0.05, 0.1) is 16.0 Å². The van der Waals surface area contributed by atoms with Crippen molar-refractivity contribution < 1.29 is 14.2 Å². The van der Waals surface area contributed by atoms with Crippen molar-refractivity contribution in [3.63, 3.8) is 0 Å². The number of nitrogens with two attached hydrogens (primary N) is 1. The summed E-state index contributed by atoms with van der Waals surface area (Å²) in [5.41, 5.74) is 7.21. The maximum Gasteiger partial charge on any atom is 0.290 e. The molecule has 34 heavy (non-hydrogen) atoms. The molecule has 0 bridgehead atoms. The summed E-state index contributed by atoms with van der Waals surface area (Å²) in [5, 5.41) is 17.0. The van der Waals surface area contributed by atoms with Crippen LogP contribution in [0.15, 0.2) is 64.6 Å². The minimum absolute atomic E-state index is 0.127. The Morgan fingerprint density at radius 1 is 1.24 bits per heavy atom. The van der Waals surface area contributed by atoms with Gasteiger partial charge in [0.25, 0.3) is 5.70 Å². The third kappa shape index (κ3) is 4.28. The molecule has 2 unspecified atom stereocenters. The molecule has 178 valence electrons. The second-order valence-electron chi connectivity index (χ2n) is 8.45. The molecule has 11 heteroatoms. The lowest BCUT2D eigenvalue weighted by Gasteiger charge is -2.35. The molecule has 0 spiro atoms. The number of fused-ring (bicyclic) bond motifs is 1. The highest BCUT2D eigenvalue weighted by molar-refractivity contribution is 5.90. The van der Waals surface area contributed by atoms with Gasteiger partial charge in [-0.1, -0.05) is 17.3 Å².